The summed E-state index contributed by atoms with van der Waals surface area (Å²) in [6.07, 6.45) is 3.93. The van der Waals surface area contributed by atoms with Gasteiger partial charge in [-0.3, -0.25) is 4.79 Å². The third-order valence-corrected chi connectivity index (χ3v) is 5.50. The van der Waals surface area contributed by atoms with E-state index in [0.717, 1.165) is 41.4 Å². The number of rotatable bonds is 3. The molecule has 5 nitrogen and oxygen atoms in total. The minimum Gasteiger partial charge on any atom is -0.478 e. The molecule has 138 valence electrons. The molecule has 1 aliphatic heterocycles. The van der Waals surface area contributed by atoms with E-state index >= 15 is 0 Å². The number of carboxylic acid groups (broad SMARTS) is 1. The van der Waals surface area contributed by atoms with Crippen LogP contribution in [-0.2, 0) is 7.05 Å². The number of hydrogen-bond donors (Lipinski definition) is 1. The van der Waals surface area contributed by atoms with Crippen molar-refractivity contribution in [1.82, 2.24) is 9.47 Å². The molecule has 0 aliphatic carbocycles. The molecular formula is C22H22N2O3. The molecule has 1 atom stereocenters. The van der Waals surface area contributed by atoms with Crippen molar-refractivity contribution in [3.8, 4) is 0 Å². The van der Waals surface area contributed by atoms with Gasteiger partial charge < -0.3 is 14.6 Å². The predicted molar refractivity (Wildman–Crippen MR) is 104 cm³/mol. The number of benzene rings is 2. The molecular weight excluding hydrogens is 340 g/mol. The number of amides is 1. The number of aromatic carboxylic acids is 1. The molecule has 4 rings (SSSR count). The highest BCUT2D eigenvalue weighted by molar-refractivity contribution is 6.06. The third kappa shape index (κ3) is 3.21. The van der Waals surface area contributed by atoms with Crippen molar-refractivity contribution in [3.05, 3.63) is 71.4 Å². The van der Waals surface area contributed by atoms with Crippen molar-refractivity contribution in [2.45, 2.75) is 18.8 Å². The van der Waals surface area contributed by atoms with Gasteiger partial charge in [0.25, 0.3) is 5.91 Å². The van der Waals surface area contributed by atoms with E-state index < -0.39 is 5.97 Å². The first-order valence-electron chi connectivity index (χ1n) is 9.21. The van der Waals surface area contributed by atoms with Crippen LogP contribution in [0.15, 0.2) is 54.7 Å². The Balaban J connectivity index is 1.57. The second-order valence-corrected chi connectivity index (χ2v) is 7.18. The smallest absolute Gasteiger partial charge is 0.335 e. The number of carbonyl (C=O) groups excluding carboxylic acids is 1. The van der Waals surface area contributed by atoms with Crippen LogP contribution in [0.3, 0.4) is 0 Å². The normalized spacial score (nSPS) is 17.2. The first kappa shape index (κ1) is 17.3. The maximum absolute atomic E-state index is 13.2. The van der Waals surface area contributed by atoms with Crippen molar-refractivity contribution in [3.63, 3.8) is 0 Å². The van der Waals surface area contributed by atoms with Crippen LogP contribution in [0.1, 0.15) is 45.0 Å². The predicted octanol–water partition coefficient (Wildman–Crippen LogP) is 3.90. The summed E-state index contributed by atoms with van der Waals surface area (Å²) in [4.78, 5) is 26.2. The summed E-state index contributed by atoms with van der Waals surface area (Å²) in [7, 11) is 1.98. The fourth-order valence-electron chi connectivity index (χ4n) is 3.99. The van der Waals surface area contributed by atoms with E-state index in [-0.39, 0.29) is 11.8 Å². The molecule has 1 aromatic heterocycles. The number of nitrogens with zero attached hydrogens (tertiary/aromatic N) is 2. The molecule has 0 bridgehead atoms. The number of carbonyl (C=O) groups is 2. The van der Waals surface area contributed by atoms with Crippen LogP contribution >= 0.6 is 0 Å². The number of carboxylic acids is 1. The average molecular weight is 362 g/mol. The standard InChI is InChI=1S/C22H22N2O3/c1-23-13-11-18-19(5-2-6-20(18)23)21(25)24-12-3-4-17(14-24)15-7-9-16(10-8-15)22(26)27/h2,5-11,13,17H,3-4,12,14H2,1H3,(H,26,27). The van der Waals surface area contributed by atoms with Crippen LogP contribution in [0, 0.1) is 0 Å². The Bertz CT molecular complexity index is 1000. The van der Waals surface area contributed by atoms with E-state index in [2.05, 4.69) is 0 Å². The molecule has 1 fully saturated rings. The van der Waals surface area contributed by atoms with Gasteiger partial charge in [-0.2, -0.15) is 0 Å². The lowest BCUT2D eigenvalue weighted by Crippen LogP contribution is -2.39. The van der Waals surface area contributed by atoms with E-state index in [1.165, 1.54) is 0 Å². The van der Waals surface area contributed by atoms with Crippen LogP contribution in [-0.4, -0.2) is 39.5 Å². The summed E-state index contributed by atoms with van der Waals surface area (Å²) in [5.74, 6) is -0.614. The zero-order valence-electron chi connectivity index (χ0n) is 15.3. The summed E-state index contributed by atoms with van der Waals surface area (Å²) >= 11 is 0. The molecule has 1 saturated heterocycles. The summed E-state index contributed by atoms with van der Waals surface area (Å²) in [6.45, 7) is 1.42. The lowest BCUT2D eigenvalue weighted by molar-refractivity contribution is 0.0694. The average Bonchev–Trinajstić information content (AvgIpc) is 3.09. The van der Waals surface area contributed by atoms with Crippen LogP contribution < -0.4 is 0 Å². The molecule has 0 spiro atoms. The topological polar surface area (TPSA) is 62.5 Å². The highest BCUT2D eigenvalue weighted by Gasteiger charge is 2.26. The number of hydrogen-bond acceptors (Lipinski definition) is 2. The summed E-state index contributed by atoms with van der Waals surface area (Å²) in [5, 5.41) is 10.0. The largest absolute Gasteiger partial charge is 0.478 e. The van der Waals surface area contributed by atoms with Gasteiger partial charge in [-0.1, -0.05) is 18.2 Å². The van der Waals surface area contributed by atoms with E-state index in [0.29, 0.717) is 12.1 Å². The monoisotopic (exact) mass is 362 g/mol. The Morgan fingerprint density at radius 2 is 1.85 bits per heavy atom. The Morgan fingerprint density at radius 1 is 1.07 bits per heavy atom. The van der Waals surface area contributed by atoms with Gasteiger partial charge in [0.15, 0.2) is 0 Å². The highest BCUT2D eigenvalue weighted by Crippen LogP contribution is 2.29. The molecule has 5 heteroatoms. The molecule has 2 aromatic carbocycles. The summed E-state index contributed by atoms with van der Waals surface area (Å²) in [6, 6.07) is 14.9. The Morgan fingerprint density at radius 3 is 2.59 bits per heavy atom. The van der Waals surface area contributed by atoms with Crippen molar-refractivity contribution < 1.29 is 14.7 Å². The Labute approximate surface area is 157 Å². The van der Waals surface area contributed by atoms with Crippen molar-refractivity contribution in [2.75, 3.05) is 13.1 Å². The minimum absolute atomic E-state index is 0.0682. The maximum atomic E-state index is 13.2. The Kier molecular flexibility index (Phi) is 4.44. The van der Waals surface area contributed by atoms with E-state index in [1.54, 1.807) is 12.1 Å². The summed E-state index contributed by atoms with van der Waals surface area (Å²) in [5.41, 5.74) is 3.18. The van der Waals surface area contributed by atoms with Gasteiger partial charge in [-0.25, -0.2) is 4.79 Å². The van der Waals surface area contributed by atoms with Gasteiger partial charge in [-0.05, 0) is 48.7 Å². The number of likely N-dealkylation sites (tertiary alicyclic amines) is 1. The minimum atomic E-state index is -0.919. The van der Waals surface area contributed by atoms with Crippen molar-refractivity contribution >= 4 is 22.8 Å². The number of aromatic nitrogens is 1. The SMILES string of the molecule is Cn1ccc2c(C(=O)N3CCCC(c4ccc(C(=O)O)cc4)C3)cccc21. The van der Waals surface area contributed by atoms with E-state index in [4.69, 9.17) is 5.11 Å². The first-order chi connectivity index (χ1) is 13.0. The molecule has 1 N–H and O–H groups in total. The molecule has 27 heavy (non-hydrogen) atoms. The molecule has 0 radical (unpaired) electrons. The number of aryl methyl sites for hydroxylation is 1. The molecule has 0 saturated carbocycles. The van der Waals surface area contributed by atoms with Crippen LogP contribution in [0.2, 0.25) is 0 Å². The van der Waals surface area contributed by atoms with Gasteiger partial charge in [0.1, 0.15) is 0 Å². The third-order valence-electron chi connectivity index (χ3n) is 5.50. The van der Waals surface area contributed by atoms with Crippen molar-refractivity contribution in [2.24, 2.45) is 7.05 Å². The zero-order chi connectivity index (χ0) is 19.0. The first-order valence-corrected chi connectivity index (χ1v) is 9.21. The second kappa shape index (κ2) is 6.91. The van der Waals surface area contributed by atoms with Gasteiger partial charge in [0.2, 0.25) is 0 Å². The van der Waals surface area contributed by atoms with Crippen molar-refractivity contribution in [1.29, 1.82) is 0 Å². The zero-order valence-corrected chi connectivity index (χ0v) is 15.3. The lowest BCUT2D eigenvalue weighted by Gasteiger charge is -2.33. The lowest BCUT2D eigenvalue weighted by atomic mass is 9.89. The fraction of sp³-hybridized carbons (Fsp3) is 0.273. The van der Waals surface area contributed by atoms with Crippen LogP contribution in [0.4, 0.5) is 0 Å². The quantitative estimate of drug-likeness (QED) is 0.769. The molecule has 3 aromatic rings. The van der Waals surface area contributed by atoms with Gasteiger partial charge in [-0.15, -0.1) is 0 Å². The molecule has 1 unspecified atom stereocenters. The fourth-order valence-corrected chi connectivity index (χ4v) is 3.99. The molecule has 2 heterocycles. The number of fused-ring (bicyclic) bond motifs is 1. The molecule has 1 aliphatic rings. The highest BCUT2D eigenvalue weighted by atomic mass is 16.4. The van der Waals surface area contributed by atoms with E-state index in [1.807, 2.05) is 59.1 Å². The number of piperidine rings is 1. The van der Waals surface area contributed by atoms with Gasteiger partial charge in [0.05, 0.1) is 5.56 Å². The molecule has 1 amide bonds. The Hall–Kier alpha value is -3.08. The van der Waals surface area contributed by atoms with Crippen LogP contribution in [0.25, 0.3) is 10.9 Å². The van der Waals surface area contributed by atoms with Gasteiger partial charge >= 0.3 is 5.97 Å². The van der Waals surface area contributed by atoms with E-state index in [9.17, 15) is 9.59 Å². The van der Waals surface area contributed by atoms with Crippen LogP contribution in [0.5, 0.6) is 0 Å². The maximum Gasteiger partial charge on any atom is 0.335 e. The summed E-state index contributed by atoms with van der Waals surface area (Å²) < 4.78 is 2.02. The van der Waals surface area contributed by atoms with Gasteiger partial charge in [0, 0.05) is 48.7 Å². The second-order valence-electron chi connectivity index (χ2n) is 7.18.